The standard InChI is InChI=1S/C8H17N3O2/c9-3-1-5(10)8(13)7-6(12)2-4-11-7/h5-7,11-12H,1-4,9-10H2/t5?,6?,7-/m0/s1. The minimum Gasteiger partial charge on any atom is -0.391 e. The third-order valence-corrected chi connectivity index (χ3v) is 2.34. The monoisotopic (exact) mass is 187 g/mol. The molecule has 0 aromatic heterocycles. The lowest BCUT2D eigenvalue weighted by Gasteiger charge is -2.17. The summed E-state index contributed by atoms with van der Waals surface area (Å²) in [4.78, 5) is 11.5. The predicted octanol–water partition coefficient (Wildman–Crippen LogP) is -2.05. The highest BCUT2D eigenvalue weighted by atomic mass is 16.3. The molecule has 1 fully saturated rings. The predicted molar refractivity (Wildman–Crippen MR) is 49.1 cm³/mol. The number of hydrogen-bond donors (Lipinski definition) is 4. The number of ketones is 1. The molecule has 1 rings (SSSR count). The summed E-state index contributed by atoms with van der Waals surface area (Å²) >= 11 is 0. The highest BCUT2D eigenvalue weighted by molar-refractivity contribution is 5.89. The van der Waals surface area contributed by atoms with E-state index in [-0.39, 0.29) is 5.78 Å². The topological polar surface area (TPSA) is 101 Å². The third kappa shape index (κ3) is 2.47. The molecule has 1 heterocycles. The number of aliphatic hydroxyl groups excluding tert-OH is 1. The summed E-state index contributed by atoms with van der Waals surface area (Å²) < 4.78 is 0. The van der Waals surface area contributed by atoms with E-state index in [1.807, 2.05) is 0 Å². The van der Waals surface area contributed by atoms with E-state index in [0.717, 1.165) is 0 Å². The summed E-state index contributed by atoms with van der Waals surface area (Å²) in [7, 11) is 0. The molecule has 5 heteroatoms. The van der Waals surface area contributed by atoms with Gasteiger partial charge in [0.25, 0.3) is 0 Å². The van der Waals surface area contributed by atoms with Gasteiger partial charge in [-0.15, -0.1) is 0 Å². The zero-order chi connectivity index (χ0) is 9.84. The van der Waals surface area contributed by atoms with E-state index in [4.69, 9.17) is 11.5 Å². The van der Waals surface area contributed by atoms with Crippen LogP contribution in [0.5, 0.6) is 0 Å². The van der Waals surface area contributed by atoms with Crippen LogP contribution < -0.4 is 16.8 Å². The molecule has 0 spiro atoms. The van der Waals surface area contributed by atoms with Crippen molar-refractivity contribution in [2.45, 2.75) is 31.0 Å². The lowest BCUT2D eigenvalue weighted by Crippen LogP contribution is -2.48. The fourth-order valence-electron chi connectivity index (χ4n) is 1.53. The summed E-state index contributed by atoms with van der Waals surface area (Å²) in [6.07, 6.45) is 0.506. The van der Waals surface area contributed by atoms with Crippen LogP contribution in [0.2, 0.25) is 0 Å². The first-order valence-corrected chi connectivity index (χ1v) is 4.57. The van der Waals surface area contributed by atoms with Crippen LogP contribution >= 0.6 is 0 Å². The van der Waals surface area contributed by atoms with Crippen LogP contribution in [0.4, 0.5) is 0 Å². The van der Waals surface area contributed by atoms with Crippen LogP contribution in [0.3, 0.4) is 0 Å². The second kappa shape index (κ2) is 4.66. The summed E-state index contributed by atoms with van der Waals surface area (Å²) in [5, 5.41) is 12.3. The van der Waals surface area contributed by atoms with Crippen molar-refractivity contribution in [3.8, 4) is 0 Å². The van der Waals surface area contributed by atoms with Crippen molar-refractivity contribution >= 4 is 5.78 Å². The molecular formula is C8H17N3O2. The van der Waals surface area contributed by atoms with Crippen molar-refractivity contribution < 1.29 is 9.90 Å². The molecule has 5 nitrogen and oxygen atoms in total. The van der Waals surface area contributed by atoms with E-state index >= 15 is 0 Å². The number of nitrogens with two attached hydrogens (primary N) is 2. The summed E-state index contributed by atoms with van der Waals surface area (Å²) in [5.74, 6) is -0.129. The Balaban J connectivity index is 2.46. The van der Waals surface area contributed by atoms with Crippen LogP contribution in [-0.4, -0.2) is 42.2 Å². The van der Waals surface area contributed by atoms with Gasteiger partial charge in [0.05, 0.1) is 18.2 Å². The normalized spacial score (nSPS) is 30.4. The molecule has 1 aliphatic heterocycles. The number of hydrogen-bond acceptors (Lipinski definition) is 5. The van der Waals surface area contributed by atoms with E-state index < -0.39 is 18.2 Å². The molecule has 6 N–H and O–H groups in total. The second-order valence-electron chi connectivity index (χ2n) is 3.37. The smallest absolute Gasteiger partial charge is 0.169 e. The maximum absolute atomic E-state index is 11.5. The van der Waals surface area contributed by atoms with Crippen LogP contribution in [-0.2, 0) is 4.79 Å². The molecule has 0 radical (unpaired) electrons. The van der Waals surface area contributed by atoms with Gasteiger partial charge < -0.3 is 21.9 Å². The Morgan fingerprint density at radius 2 is 2.38 bits per heavy atom. The Morgan fingerprint density at radius 1 is 1.69 bits per heavy atom. The highest BCUT2D eigenvalue weighted by Gasteiger charge is 2.33. The molecule has 2 unspecified atom stereocenters. The third-order valence-electron chi connectivity index (χ3n) is 2.34. The van der Waals surface area contributed by atoms with Crippen LogP contribution in [0.25, 0.3) is 0 Å². The minimum atomic E-state index is -0.587. The molecule has 0 bridgehead atoms. The molecule has 3 atom stereocenters. The average molecular weight is 187 g/mol. The Bertz CT molecular complexity index is 186. The van der Waals surface area contributed by atoms with E-state index in [2.05, 4.69) is 5.32 Å². The maximum atomic E-state index is 11.5. The Labute approximate surface area is 77.5 Å². The van der Waals surface area contributed by atoms with Gasteiger partial charge in [-0.2, -0.15) is 0 Å². The van der Waals surface area contributed by atoms with Gasteiger partial charge in [0.1, 0.15) is 0 Å². The molecule has 0 aromatic rings. The number of nitrogens with one attached hydrogen (secondary N) is 1. The van der Waals surface area contributed by atoms with Gasteiger partial charge >= 0.3 is 0 Å². The lowest BCUT2D eigenvalue weighted by atomic mass is 10.0. The number of rotatable bonds is 4. The van der Waals surface area contributed by atoms with E-state index in [0.29, 0.717) is 25.9 Å². The number of Topliss-reactive ketones (excluding diaryl/α,β-unsaturated/α-hetero) is 1. The summed E-state index contributed by atoms with van der Waals surface area (Å²) in [6.45, 7) is 1.07. The fourth-order valence-corrected chi connectivity index (χ4v) is 1.53. The van der Waals surface area contributed by atoms with Crippen molar-refractivity contribution in [2.24, 2.45) is 11.5 Å². The molecule has 0 aromatic carbocycles. The number of carbonyl (C=O) groups is 1. The molecule has 0 aliphatic carbocycles. The molecule has 0 saturated carbocycles. The minimum absolute atomic E-state index is 0.129. The van der Waals surface area contributed by atoms with Crippen molar-refractivity contribution in [1.29, 1.82) is 0 Å². The van der Waals surface area contributed by atoms with Crippen LogP contribution in [0.1, 0.15) is 12.8 Å². The molecular weight excluding hydrogens is 170 g/mol. The quantitative estimate of drug-likeness (QED) is 0.406. The molecule has 1 saturated heterocycles. The largest absolute Gasteiger partial charge is 0.391 e. The summed E-state index contributed by atoms with van der Waals surface area (Å²) in [6, 6.07) is -1.03. The molecule has 1 aliphatic rings. The van der Waals surface area contributed by atoms with Gasteiger partial charge in [-0.1, -0.05) is 0 Å². The Morgan fingerprint density at radius 3 is 2.85 bits per heavy atom. The average Bonchev–Trinajstić information content (AvgIpc) is 2.50. The van der Waals surface area contributed by atoms with Gasteiger partial charge in [0, 0.05) is 0 Å². The van der Waals surface area contributed by atoms with E-state index in [1.165, 1.54) is 0 Å². The Hall–Kier alpha value is -0.490. The van der Waals surface area contributed by atoms with Crippen LogP contribution in [0, 0.1) is 0 Å². The fraction of sp³-hybridized carbons (Fsp3) is 0.875. The van der Waals surface area contributed by atoms with Gasteiger partial charge in [-0.3, -0.25) is 4.79 Å². The van der Waals surface area contributed by atoms with Crippen molar-refractivity contribution in [2.75, 3.05) is 13.1 Å². The van der Waals surface area contributed by atoms with Crippen LogP contribution in [0.15, 0.2) is 0 Å². The van der Waals surface area contributed by atoms with Gasteiger partial charge in [0.15, 0.2) is 5.78 Å². The SMILES string of the molecule is NCCC(N)C(=O)[C@H]1NCCC1O. The van der Waals surface area contributed by atoms with Crippen molar-refractivity contribution in [1.82, 2.24) is 5.32 Å². The molecule has 76 valence electrons. The second-order valence-corrected chi connectivity index (χ2v) is 3.37. The highest BCUT2D eigenvalue weighted by Crippen LogP contribution is 2.09. The maximum Gasteiger partial charge on any atom is 0.169 e. The molecule has 0 amide bonds. The van der Waals surface area contributed by atoms with E-state index in [1.54, 1.807) is 0 Å². The lowest BCUT2D eigenvalue weighted by molar-refractivity contribution is -0.124. The van der Waals surface area contributed by atoms with E-state index in [9.17, 15) is 9.90 Å². The number of aliphatic hydroxyl groups is 1. The first-order valence-electron chi connectivity index (χ1n) is 4.57. The zero-order valence-electron chi connectivity index (χ0n) is 7.57. The van der Waals surface area contributed by atoms with Crippen molar-refractivity contribution in [3.05, 3.63) is 0 Å². The zero-order valence-corrected chi connectivity index (χ0v) is 7.57. The van der Waals surface area contributed by atoms with Crippen molar-refractivity contribution in [3.63, 3.8) is 0 Å². The Kier molecular flexibility index (Phi) is 3.80. The first-order chi connectivity index (χ1) is 6.16. The van der Waals surface area contributed by atoms with Gasteiger partial charge in [0.2, 0.25) is 0 Å². The molecule has 13 heavy (non-hydrogen) atoms. The van der Waals surface area contributed by atoms with Gasteiger partial charge in [-0.05, 0) is 25.9 Å². The number of carbonyl (C=O) groups excluding carboxylic acids is 1. The summed E-state index contributed by atoms with van der Waals surface area (Å²) in [5.41, 5.74) is 10.9. The van der Waals surface area contributed by atoms with Gasteiger partial charge in [-0.25, -0.2) is 0 Å². The first kappa shape index (κ1) is 10.6.